The van der Waals surface area contributed by atoms with Gasteiger partial charge < -0.3 is 5.11 Å². The first kappa shape index (κ1) is 15.0. The Labute approximate surface area is 121 Å². The van der Waals surface area contributed by atoms with Gasteiger partial charge in [0.1, 0.15) is 6.04 Å². The van der Waals surface area contributed by atoms with Crippen molar-refractivity contribution in [2.45, 2.75) is 58.0 Å². The van der Waals surface area contributed by atoms with Gasteiger partial charge >= 0.3 is 5.97 Å². The normalized spacial score (nSPS) is 24.3. The Morgan fingerprint density at radius 2 is 1.95 bits per heavy atom. The molecule has 0 aliphatic heterocycles. The summed E-state index contributed by atoms with van der Waals surface area (Å²) in [6.07, 6.45) is 5.72. The van der Waals surface area contributed by atoms with Crippen molar-refractivity contribution in [1.29, 1.82) is 0 Å². The molecule has 0 bridgehead atoms. The van der Waals surface area contributed by atoms with Crippen LogP contribution in [0.5, 0.6) is 0 Å². The Morgan fingerprint density at radius 1 is 1.30 bits per heavy atom. The highest BCUT2D eigenvalue weighted by atomic mass is 16.4. The number of aliphatic carboxylic acids is 1. The van der Waals surface area contributed by atoms with Crippen molar-refractivity contribution in [1.82, 2.24) is 5.32 Å². The average molecular weight is 275 g/mol. The number of hydrogen-bond acceptors (Lipinski definition) is 2. The molecule has 3 heteroatoms. The smallest absolute Gasteiger partial charge is 0.325 e. The van der Waals surface area contributed by atoms with Crippen molar-refractivity contribution in [3.05, 3.63) is 35.4 Å². The molecule has 1 aliphatic rings. The van der Waals surface area contributed by atoms with Crippen LogP contribution >= 0.6 is 0 Å². The molecule has 0 radical (unpaired) electrons. The third-order valence-electron chi connectivity index (χ3n) is 4.46. The summed E-state index contributed by atoms with van der Waals surface area (Å²) < 4.78 is 0. The third kappa shape index (κ3) is 3.60. The highest BCUT2D eigenvalue weighted by Crippen LogP contribution is 2.26. The lowest BCUT2D eigenvalue weighted by Gasteiger charge is -2.32. The summed E-state index contributed by atoms with van der Waals surface area (Å²) in [6, 6.07) is 7.66. The van der Waals surface area contributed by atoms with Crippen LogP contribution in [0.4, 0.5) is 0 Å². The Bertz CT molecular complexity index is 441. The molecule has 1 aromatic rings. The number of nitrogens with one attached hydrogen (secondary N) is 1. The maximum absolute atomic E-state index is 11.6. The molecule has 1 saturated carbocycles. The number of rotatable bonds is 5. The van der Waals surface area contributed by atoms with Crippen molar-refractivity contribution in [3.8, 4) is 0 Å². The minimum absolute atomic E-state index is 0.315. The van der Waals surface area contributed by atoms with Crippen LogP contribution in [-0.2, 0) is 11.2 Å². The molecule has 3 unspecified atom stereocenters. The molecular formula is C17H25NO2. The predicted molar refractivity (Wildman–Crippen MR) is 80.8 cm³/mol. The van der Waals surface area contributed by atoms with E-state index >= 15 is 0 Å². The van der Waals surface area contributed by atoms with Gasteiger partial charge in [-0.2, -0.15) is 0 Å². The second-order valence-corrected chi connectivity index (χ2v) is 5.90. The monoisotopic (exact) mass is 275 g/mol. The molecule has 2 rings (SSSR count). The van der Waals surface area contributed by atoms with Crippen molar-refractivity contribution < 1.29 is 9.90 Å². The molecule has 1 aromatic carbocycles. The van der Waals surface area contributed by atoms with E-state index in [4.69, 9.17) is 0 Å². The molecular weight excluding hydrogens is 250 g/mol. The van der Waals surface area contributed by atoms with E-state index < -0.39 is 12.0 Å². The Morgan fingerprint density at radius 3 is 2.50 bits per heavy atom. The zero-order valence-corrected chi connectivity index (χ0v) is 12.4. The van der Waals surface area contributed by atoms with Gasteiger partial charge in [-0.1, -0.05) is 51.0 Å². The Balaban J connectivity index is 2.11. The summed E-state index contributed by atoms with van der Waals surface area (Å²) in [7, 11) is 0. The number of carboxylic acids is 1. The highest BCUT2D eigenvalue weighted by molar-refractivity contribution is 5.75. The molecule has 3 atom stereocenters. The van der Waals surface area contributed by atoms with Crippen LogP contribution in [0.25, 0.3) is 0 Å². The topological polar surface area (TPSA) is 49.3 Å². The van der Waals surface area contributed by atoms with Gasteiger partial charge in [0.05, 0.1) is 0 Å². The van der Waals surface area contributed by atoms with Crippen molar-refractivity contribution in [2.24, 2.45) is 5.92 Å². The van der Waals surface area contributed by atoms with Crippen LogP contribution in [0.3, 0.4) is 0 Å². The van der Waals surface area contributed by atoms with Crippen LogP contribution in [0, 0.1) is 5.92 Å². The maximum atomic E-state index is 11.6. The van der Waals surface area contributed by atoms with Crippen LogP contribution in [-0.4, -0.2) is 17.1 Å². The van der Waals surface area contributed by atoms with Crippen molar-refractivity contribution >= 4 is 5.97 Å². The number of carboxylic acid groups (broad SMARTS) is 1. The van der Waals surface area contributed by atoms with Crippen LogP contribution in [0.2, 0.25) is 0 Å². The summed E-state index contributed by atoms with van der Waals surface area (Å²) >= 11 is 0. The molecule has 110 valence electrons. The van der Waals surface area contributed by atoms with Gasteiger partial charge in [0.2, 0.25) is 0 Å². The van der Waals surface area contributed by atoms with E-state index in [9.17, 15) is 9.90 Å². The first-order valence-corrected chi connectivity index (χ1v) is 7.69. The molecule has 0 aromatic heterocycles. The van der Waals surface area contributed by atoms with E-state index in [1.165, 1.54) is 24.8 Å². The zero-order chi connectivity index (χ0) is 14.5. The first-order valence-electron chi connectivity index (χ1n) is 7.69. The van der Waals surface area contributed by atoms with E-state index in [2.05, 4.69) is 19.2 Å². The maximum Gasteiger partial charge on any atom is 0.325 e. The SMILES string of the molecule is CCc1ccc(C(NC2CCCCC2C)C(=O)O)cc1. The first-order chi connectivity index (χ1) is 9.61. The van der Waals surface area contributed by atoms with E-state index in [0.29, 0.717) is 12.0 Å². The molecule has 20 heavy (non-hydrogen) atoms. The van der Waals surface area contributed by atoms with Gasteiger partial charge in [-0.05, 0) is 36.3 Å². The molecule has 3 nitrogen and oxygen atoms in total. The van der Waals surface area contributed by atoms with Crippen LogP contribution in [0.1, 0.15) is 56.7 Å². The summed E-state index contributed by atoms with van der Waals surface area (Å²) in [5.74, 6) is -0.229. The molecule has 0 heterocycles. The van der Waals surface area contributed by atoms with E-state index in [1.807, 2.05) is 24.3 Å². The lowest BCUT2D eigenvalue weighted by molar-refractivity contribution is -0.140. The van der Waals surface area contributed by atoms with Crippen molar-refractivity contribution in [2.75, 3.05) is 0 Å². The van der Waals surface area contributed by atoms with Gasteiger partial charge in [-0.3, -0.25) is 10.1 Å². The number of carbonyl (C=O) groups is 1. The average Bonchev–Trinajstić information content (AvgIpc) is 2.46. The van der Waals surface area contributed by atoms with E-state index in [-0.39, 0.29) is 0 Å². The number of hydrogen-bond donors (Lipinski definition) is 2. The minimum Gasteiger partial charge on any atom is -0.480 e. The minimum atomic E-state index is -0.785. The van der Waals surface area contributed by atoms with E-state index in [1.54, 1.807) is 0 Å². The number of aryl methyl sites for hydroxylation is 1. The molecule has 0 amide bonds. The summed E-state index contributed by atoms with van der Waals surface area (Å²) in [6.45, 7) is 4.32. The van der Waals surface area contributed by atoms with Gasteiger partial charge in [0.15, 0.2) is 0 Å². The van der Waals surface area contributed by atoms with Crippen LogP contribution < -0.4 is 5.32 Å². The Kier molecular flexibility index (Phi) is 5.18. The fraction of sp³-hybridized carbons (Fsp3) is 0.588. The van der Waals surface area contributed by atoms with Crippen LogP contribution in [0.15, 0.2) is 24.3 Å². The third-order valence-corrected chi connectivity index (χ3v) is 4.46. The lowest BCUT2D eigenvalue weighted by Crippen LogP contribution is -2.42. The summed E-state index contributed by atoms with van der Waals surface area (Å²) in [4.78, 5) is 11.6. The Hall–Kier alpha value is -1.35. The second-order valence-electron chi connectivity index (χ2n) is 5.90. The second kappa shape index (κ2) is 6.89. The van der Waals surface area contributed by atoms with Crippen molar-refractivity contribution in [3.63, 3.8) is 0 Å². The molecule has 1 fully saturated rings. The lowest BCUT2D eigenvalue weighted by atomic mass is 9.85. The van der Waals surface area contributed by atoms with Gasteiger partial charge in [0, 0.05) is 6.04 Å². The fourth-order valence-corrected chi connectivity index (χ4v) is 3.03. The predicted octanol–water partition coefficient (Wildman–Crippen LogP) is 3.54. The number of benzene rings is 1. The summed E-state index contributed by atoms with van der Waals surface area (Å²) in [5, 5.41) is 12.9. The van der Waals surface area contributed by atoms with Gasteiger partial charge in [0.25, 0.3) is 0 Å². The summed E-state index contributed by atoms with van der Waals surface area (Å²) in [5.41, 5.74) is 2.09. The molecule has 0 saturated heterocycles. The van der Waals surface area contributed by atoms with Gasteiger partial charge in [-0.15, -0.1) is 0 Å². The standard InChI is InChI=1S/C17H25NO2/c1-3-13-8-10-14(11-9-13)16(17(19)20)18-15-7-5-4-6-12(15)2/h8-12,15-16,18H,3-7H2,1-2H3,(H,19,20). The van der Waals surface area contributed by atoms with Gasteiger partial charge in [-0.25, -0.2) is 0 Å². The quantitative estimate of drug-likeness (QED) is 0.864. The van der Waals surface area contributed by atoms with E-state index in [0.717, 1.165) is 18.4 Å². The fourth-order valence-electron chi connectivity index (χ4n) is 3.03. The zero-order valence-electron chi connectivity index (χ0n) is 12.4. The molecule has 0 spiro atoms. The highest BCUT2D eigenvalue weighted by Gasteiger charge is 2.27. The molecule has 1 aliphatic carbocycles. The largest absolute Gasteiger partial charge is 0.480 e. The molecule has 2 N–H and O–H groups in total.